The molecule has 7 heteroatoms. The van der Waals surface area contributed by atoms with Gasteiger partial charge in [-0.15, -0.1) is 11.3 Å². The minimum atomic E-state index is -0.585. The Morgan fingerprint density at radius 2 is 2.35 bits per heavy atom. The van der Waals surface area contributed by atoms with Crippen molar-refractivity contribution in [1.29, 1.82) is 0 Å². The lowest BCUT2D eigenvalue weighted by Crippen LogP contribution is -2.52. The van der Waals surface area contributed by atoms with Gasteiger partial charge in [-0.2, -0.15) is 0 Å². The topological polar surface area (TPSA) is 75.2 Å². The predicted octanol–water partition coefficient (Wildman–Crippen LogP) is 0.851. The van der Waals surface area contributed by atoms with E-state index in [1.54, 1.807) is 4.90 Å². The largest absolute Gasteiger partial charge is 0.352 e. The normalized spacial score (nSPS) is 18.7. The molecule has 1 saturated heterocycles. The van der Waals surface area contributed by atoms with Crippen LogP contribution in [0.25, 0.3) is 0 Å². The fourth-order valence-corrected chi connectivity index (χ4v) is 3.01. The Kier molecular flexibility index (Phi) is 3.42. The van der Waals surface area contributed by atoms with E-state index in [1.165, 1.54) is 29.9 Å². The van der Waals surface area contributed by atoms with Gasteiger partial charge in [0.05, 0.1) is 6.20 Å². The van der Waals surface area contributed by atoms with E-state index in [9.17, 15) is 9.59 Å². The van der Waals surface area contributed by atoms with Gasteiger partial charge in [0.2, 0.25) is 5.91 Å². The number of hydrogen-bond donors (Lipinski definition) is 1. The highest BCUT2D eigenvalue weighted by Crippen LogP contribution is 2.28. The van der Waals surface area contributed by atoms with Crippen molar-refractivity contribution in [2.45, 2.75) is 6.04 Å². The van der Waals surface area contributed by atoms with Gasteiger partial charge in [0.1, 0.15) is 11.7 Å². The molecule has 3 rings (SSSR count). The Labute approximate surface area is 119 Å². The van der Waals surface area contributed by atoms with Crippen LogP contribution in [-0.2, 0) is 4.79 Å². The molecule has 6 nitrogen and oxygen atoms in total. The number of carbonyl (C=O) groups excluding carboxylic acids is 2. The van der Waals surface area contributed by atoms with Gasteiger partial charge in [-0.1, -0.05) is 6.07 Å². The summed E-state index contributed by atoms with van der Waals surface area (Å²) < 4.78 is 0. The summed E-state index contributed by atoms with van der Waals surface area (Å²) in [6, 6.07) is 3.14. The summed E-state index contributed by atoms with van der Waals surface area (Å²) in [6.45, 7) is 0.913. The van der Waals surface area contributed by atoms with E-state index >= 15 is 0 Å². The fraction of sp³-hybridized carbons (Fsp3) is 0.231. The molecule has 0 aliphatic carbocycles. The molecule has 0 saturated carbocycles. The number of hydrogen-bond acceptors (Lipinski definition) is 5. The summed E-state index contributed by atoms with van der Waals surface area (Å²) in [5.74, 6) is -0.428. The molecular weight excluding hydrogens is 276 g/mol. The van der Waals surface area contributed by atoms with Crippen LogP contribution in [0.3, 0.4) is 0 Å². The Hall–Kier alpha value is -2.28. The first-order valence-corrected chi connectivity index (χ1v) is 7.03. The van der Waals surface area contributed by atoms with Crippen molar-refractivity contribution >= 4 is 23.2 Å². The first kappa shape index (κ1) is 12.7. The van der Waals surface area contributed by atoms with Crippen LogP contribution in [0.15, 0.2) is 36.1 Å². The van der Waals surface area contributed by atoms with Crippen molar-refractivity contribution in [1.82, 2.24) is 20.2 Å². The quantitative estimate of drug-likeness (QED) is 0.889. The van der Waals surface area contributed by atoms with Crippen molar-refractivity contribution in [3.63, 3.8) is 0 Å². The molecule has 0 unspecified atom stereocenters. The molecule has 102 valence electrons. The van der Waals surface area contributed by atoms with E-state index in [0.717, 1.165) is 4.88 Å². The van der Waals surface area contributed by atoms with E-state index in [1.807, 2.05) is 17.5 Å². The van der Waals surface area contributed by atoms with Crippen molar-refractivity contribution < 1.29 is 9.59 Å². The summed E-state index contributed by atoms with van der Waals surface area (Å²) >= 11 is 1.46. The summed E-state index contributed by atoms with van der Waals surface area (Å²) in [5, 5.41) is 4.69. The Balaban J connectivity index is 1.93. The van der Waals surface area contributed by atoms with Crippen LogP contribution in [0.1, 0.15) is 21.4 Å². The van der Waals surface area contributed by atoms with Crippen molar-refractivity contribution in [3.8, 4) is 0 Å². The minimum Gasteiger partial charge on any atom is -0.352 e. The molecule has 1 aliphatic heterocycles. The number of aromatic nitrogens is 2. The first-order valence-electron chi connectivity index (χ1n) is 6.15. The molecule has 0 aromatic carbocycles. The second-order valence-corrected chi connectivity index (χ2v) is 5.28. The summed E-state index contributed by atoms with van der Waals surface area (Å²) in [7, 11) is 0. The lowest BCUT2D eigenvalue weighted by atomic mass is 10.1. The number of carbonyl (C=O) groups is 2. The second-order valence-electron chi connectivity index (χ2n) is 4.30. The number of nitrogens with zero attached hydrogens (tertiary/aromatic N) is 3. The molecule has 3 heterocycles. The van der Waals surface area contributed by atoms with Crippen LogP contribution < -0.4 is 5.32 Å². The molecule has 2 amide bonds. The summed E-state index contributed by atoms with van der Waals surface area (Å²) in [5.41, 5.74) is 0.253. The van der Waals surface area contributed by atoms with Crippen molar-refractivity contribution in [2.75, 3.05) is 13.1 Å². The van der Waals surface area contributed by atoms with Gasteiger partial charge in [-0.05, 0) is 11.4 Å². The van der Waals surface area contributed by atoms with Crippen LogP contribution in [0.2, 0.25) is 0 Å². The average Bonchev–Trinajstić information content (AvgIpc) is 3.01. The molecule has 1 fully saturated rings. The van der Waals surface area contributed by atoms with Gasteiger partial charge in [-0.25, -0.2) is 4.98 Å². The van der Waals surface area contributed by atoms with Gasteiger partial charge < -0.3 is 10.2 Å². The van der Waals surface area contributed by atoms with Gasteiger partial charge >= 0.3 is 0 Å². The van der Waals surface area contributed by atoms with Crippen molar-refractivity contribution in [2.24, 2.45) is 0 Å². The summed E-state index contributed by atoms with van der Waals surface area (Å²) in [4.78, 5) is 34.9. The highest BCUT2D eigenvalue weighted by atomic mass is 32.1. The zero-order chi connectivity index (χ0) is 13.9. The zero-order valence-corrected chi connectivity index (χ0v) is 11.3. The Bertz CT molecular complexity index is 615. The molecule has 0 bridgehead atoms. The van der Waals surface area contributed by atoms with E-state index in [-0.39, 0.29) is 17.5 Å². The molecule has 1 aliphatic rings. The van der Waals surface area contributed by atoms with Crippen LogP contribution >= 0.6 is 11.3 Å². The maximum atomic E-state index is 12.5. The maximum absolute atomic E-state index is 12.5. The predicted molar refractivity (Wildman–Crippen MR) is 73.1 cm³/mol. The second kappa shape index (κ2) is 5.38. The highest BCUT2D eigenvalue weighted by Gasteiger charge is 2.35. The van der Waals surface area contributed by atoms with E-state index < -0.39 is 6.04 Å². The smallest absolute Gasteiger partial charge is 0.275 e. The number of rotatable bonds is 2. The Morgan fingerprint density at radius 1 is 1.45 bits per heavy atom. The van der Waals surface area contributed by atoms with Gasteiger partial charge in [0.25, 0.3) is 5.91 Å². The number of amides is 2. The average molecular weight is 288 g/mol. The number of thiophene rings is 1. The van der Waals surface area contributed by atoms with Crippen LogP contribution in [-0.4, -0.2) is 39.8 Å². The van der Waals surface area contributed by atoms with Crippen molar-refractivity contribution in [3.05, 3.63) is 46.7 Å². The standard InChI is InChI=1S/C13H12N4O2S/c18-12-11(10-2-1-7-20-10)17(6-5-16-12)13(19)9-8-14-3-4-15-9/h1-4,7-8,11H,5-6H2,(H,16,18)/t11-/m0/s1. The molecule has 1 atom stereocenters. The monoisotopic (exact) mass is 288 g/mol. The molecule has 2 aromatic heterocycles. The number of nitrogens with one attached hydrogen (secondary N) is 1. The lowest BCUT2D eigenvalue weighted by Gasteiger charge is -2.34. The third-order valence-electron chi connectivity index (χ3n) is 3.07. The molecule has 1 N–H and O–H groups in total. The SMILES string of the molecule is O=C1NCCN(C(=O)c2cnccn2)[C@H]1c1cccs1. The van der Waals surface area contributed by atoms with E-state index in [2.05, 4.69) is 15.3 Å². The van der Waals surface area contributed by atoms with Gasteiger partial charge in [0, 0.05) is 30.4 Å². The molecule has 2 aromatic rings. The minimum absolute atomic E-state index is 0.157. The lowest BCUT2D eigenvalue weighted by molar-refractivity contribution is -0.127. The third kappa shape index (κ3) is 2.27. The Morgan fingerprint density at radius 3 is 3.05 bits per heavy atom. The molecular formula is C13H12N4O2S. The number of piperazine rings is 1. The van der Waals surface area contributed by atoms with Crippen LogP contribution in [0.5, 0.6) is 0 Å². The van der Waals surface area contributed by atoms with Crippen LogP contribution in [0, 0.1) is 0 Å². The molecule has 0 radical (unpaired) electrons. The van der Waals surface area contributed by atoms with Crippen LogP contribution in [0.4, 0.5) is 0 Å². The molecule has 20 heavy (non-hydrogen) atoms. The van der Waals surface area contributed by atoms with Gasteiger partial charge in [-0.3, -0.25) is 14.6 Å². The van der Waals surface area contributed by atoms with E-state index in [0.29, 0.717) is 13.1 Å². The third-order valence-corrected chi connectivity index (χ3v) is 3.99. The summed E-state index contributed by atoms with van der Waals surface area (Å²) in [6.07, 6.45) is 4.40. The fourth-order valence-electron chi connectivity index (χ4n) is 2.17. The molecule has 0 spiro atoms. The zero-order valence-electron chi connectivity index (χ0n) is 10.5. The van der Waals surface area contributed by atoms with Gasteiger partial charge in [0.15, 0.2) is 0 Å². The maximum Gasteiger partial charge on any atom is 0.275 e. The van der Waals surface area contributed by atoms with E-state index in [4.69, 9.17) is 0 Å². The highest BCUT2D eigenvalue weighted by molar-refractivity contribution is 7.10. The first-order chi connectivity index (χ1) is 9.77.